The van der Waals surface area contributed by atoms with Crippen LogP contribution >= 0.6 is 0 Å². The molecular formula is C33H62ClNO4. The minimum atomic E-state index is -1.15. The van der Waals surface area contributed by atoms with Gasteiger partial charge in [-0.3, -0.25) is 0 Å². The second-order valence-corrected chi connectivity index (χ2v) is 11.4. The van der Waals surface area contributed by atoms with E-state index in [0.29, 0.717) is 25.7 Å². The van der Waals surface area contributed by atoms with Crippen LogP contribution in [0.2, 0.25) is 0 Å². The first-order chi connectivity index (χ1) is 18.3. The number of hydrogen-bond acceptors (Lipinski definition) is 4. The maximum atomic E-state index is 14.1. The van der Waals surface area contributed by atoms with Gasteiger partial charge in [-0.05, 0) is 32.6 Å². The molecule has 0 aliphatic rings. The number of carbonyl (C=O) groups excluding carboxylic acids is 4. The van der Waals surface area contributed by atoms with Crippen molar-refractivity contribution < 1.29 is 36.1 Å². The lowest BCUT2D eigenvalue weighted by Gasteiger charge is -2.31. The Labute approximate surface area is 247 Å². The van der Waals surface area contributed by atoms with Crippen LogP contribution in [-0.4, -0.2) is 28.1 Å². The number of halogens is 1. The largest absolute Gasteiger partial charge is 1.00 e. The minimum absolute atomic E-state index is 0. The maximum Gasteiger partial charge on any atom is 0.338 e. The fourth-order valence-corrected chi connectivity index (χ4v) is 5.26. The highest BCUT2D eigenvalue weighted by Crippen LogP contribution is 2.27. The van der Waals surface area contributed by atoms with E-state index in [4.69, 9.17) is 0 Å². The van der Waals surface area contributed by atoms with Gasteiger partial charge in [0.2, 0.25) is 0 Å². The van der Waals surface area contributed by atoms with Crippen LogP contribution in [0.3, 0.4) is 0 Å². The number of unbranched alkanes of at least 4 members (excludes halogenated alkanes) is 15. The molecule has 4 amide bonds. The van der Waals surface area contributed by atoms with Gasteiger partial charge in [-0.2, -0.15) is 0 Å². The van der Waals surface area contributed by atoms with E-state index in [1.165, 1.54) is 0 Å². The molecular weight excluding hydrogens is 510 g/mol. The molecule has 0 rings (SSSR count). The van der Waals surface area contributed by atoms with E-state index < -0.39 is 34.0 Å². The molecule has 5 nitrogen and oxygen atoms in total. The monoisotopic (exact) mass is 571 g/mol. The topological polar surface area (TPSA) is 68.3 Å². The molecule has 0 aromatic heterocycles. The number of nitrogens with zero attached hydrogens (tertiary/aromatic N) is 1. The fourth-order valence-electron chi connectivity index (χ4n) is 5.26. The molecule has 0 N–H and O–H groups in total. The van der Waals surface area contributed by atoms with Gasteiger partial charge in [0.1, 0.15) is 0 Å². The SMILES string of the molecule is CCCCCCCC(=O)[N+](C(=O)CCCCCCC)(C(=O)CCCCCCC)C(=O)C(C)CCCCCC.[Cl-]. The Balaban J connectivity index is 0. The molecule has 1 unspecified atom stereocenters. The quantitative estimate of drug-likeness (QED) is 0.0966. The molecule has 0 radical (unpaired) electrons. The van der Waals surface area contributed by atoms with Crippen molar-refractivity contribution in [3.05, 3.63) is 0 Å². The summed E-state index contributed by atoms with van der Waals surface area (Å²) in [4.78, 5) is 55.7. The van der Waals surface area contributed by atoms with Gasteiger partial charge in [0.15, 0.2) is 0 Å². The lowest BCUT2D eigenvalue weighted by molar-refractivity contribution is -0.632. The summed E-state index contributed by atoms with van der Waals surface area (Å²) in [6, 6.07) is 0. The van der Waals surface area contributed by atoms with Crippen molar-refractivity contribution in [2.75, 3.05) is 0 Å². The third-order valence-electron chi connectivity index (χ3n) is 7.85. The van der Waals surface area contributed by atoms with Crippen LogP contribution in [0.15, 0.2) is 0 Å². The average Bonchev–Trinajstić information content (AvgIpc) is 2.90. The lowest BCUT2D eigenvalue weighted by atomic mass is 9.97. The van der Waals surface area contributed by atoms with E-state index in [-0.39, 0.29) is 31.7 Å². The van der Waals surface area contributed by atoms with Crippen LogP contribution in [0, 0.1) is 5.92 Å². The first kappa shape index (κ1) is 40.1. The van der Waals surface area contributed by atoms with Crippen molar-refractivity contribution in [3.63, 3.8) is 0 Å². The molecule has 0 aromatic rings. The van der Waals surface area contributed by atoms with Crippen molar-refractivity contribution in [1.82, 2.24) is 0 Å². The predicted octanol–water partition coefficient (Wildman–Crippen LogP) is 6.60. The second kappa shape index (κ2) is 25.9. The summed E-state index contributed by atoms with van der Waals surface area (Å²) in [7, 11) is 0. The molecule has 230 valence electrons. The zero-order valence-electron chi connectivity index (χ0n) is 26.3. The highest BCUT2D eigenvalue weighted by atomic mass is 35.5. The minimum Gasteiger partial charge on any atom is -1.00 e. The summed E-state index contributed by atoms with van der Waals surface area (Å²) < 4.78 is -1.15. The van der Waals surface area contributed by atoms with Crippen LogP contribution < -0.4 is 12.4 Å². The number of imide groups is 6. The molecule has 6 heteroatoms. The molecule has 0 aromatic carbocycles. The van der Waals surface area contributed by atoms with Gasteiger partial charge >= 0.3 is 23.6 Å². The van der Waals surface area contributed by atoms with Crippen LogP contribution in [0.5, 0.6) is 0 Å². The van der Waals surface area contributed by atoms with Crippen molar-refractivity contribution in [1.29, 1.82) is 0 Å². The lowest BCUT2D eigenvalue weighted by Crippen LogP contribution is -3.00. The fraction of sp³-hybridized carbons (Fsp3) is 0.879. The predicted molar refractivity (Wildman–Crippen MR) is 158 cm³/mol. The van der Waals surface area contributed by atoms with Gasteiger partial charge in [0.25, 0.3) is 0 Å². The Morgan fingerprint density at radius 2 is 0.744 bits per heavy atom. The van der Waals surface area contributed by atoms with E-state index in [9.17, 15) is 19.2 Å². The standard InChI is InChI=1S/C33H62NO4.ClH/c1-6-10-14-18-22-26-30(35)34(31(36)27-23-19-15-11-7-2,32(37)28-24-20-16-12-8-3)33(38)29(5)25-21-17-13-9-4;/h29H,6-28H2,1-5H3;1H/q+1;/p-1. The highest BCUT2D eigenvalue weighted by Gasteiger charge is 2.57. The van der Waals surface area contributed by atoms with Crippen LogP contribution in [0.4, 0.5) is 0 Å². The van der Waals surface area contributed by atoms with Crippen molar-refractivity contribution >= 4 is 23.6 Å². The number of hydrogen-bond donors (Lipinski definition) is 0. The van der Waals surface area contributed by atoms with Gasteiger partial charge < -0.3 is 12.4 Å². The molecule has 0 bridgehead atoms. The van der Waals surface area contributed by atoms with Crippen molar-refractivity contribution in [2.45, 2.75) is 182 Å². The van der Waals surface area contributed by atoms with Gasteiger partial charge in [-0.1, -0.05) is 135 Å². The third-order valence-corrected chi connectivity index (χ3v) is 7.85. The zero-order valence-corrected chi connectivity index (χ0v) is 27.1. The van der Waals surface area contributed by atoms with E-state index in [2.05, 4.69) is 27.7 Å². The van der Waals surface area contributed by atoms with Gasteiger partial charge in [0.05, 0.1) is 25.2 Å². The van der Waals surface area contributed by atoms with E-state index in [1.54, 1.807) is 0 Å². The Kier molecular flexibility index (Phi) is 26.6. The Hall–Kier alpha value is -1.07. The summed E-state index contributed by atoms with van der Waals surface area (Å²) in [5.74, 6) is -2.35. The molecule has 39 heavy (non-hydrogen) atoms. The molecule has 0 spiro atoms. The first-order valence-corrected chi connectivity index (χ1v) is 16.4. The van der Waals surface area contributed by atoms with Gasteiger partial charge in [0, 0.05) is 0 Å². The summed E-state index contributed by atoms with van der Waals surface area (Å²) in [6.45, 7) is 10.4. The Morgan fingerprint density at radius 1 is 0.462 bits per heavy atom. The summed E-state index contributed by atoms with van der Waals surface area (Å²) in [5, 5.41) is 0. The number of amides is 4. The molecule has 0 saturated heterocycles. The summed E-state index contributed by atoms with van der Waals surface area (Å²) in [5.41, 5.74) is 0. The van der Waals surface area contributed by atoms with Gasteiger partial charge in [-0.25, -0.2) is 19.2 Å². The Bertz CT molecular complexity index is 600. The summed E-state index contributed by atoms with van der Waals surface area (Å²) in [6.07, 6.45) is 19.4. The maximum absolute atomic E-state index is 14.1. The second-order valence-electron chi connectivity index (χ2n) is 11.4. The number of quaternary nitrogens is 1. The summed E-state index contributed by atoms with van der Waals surface area (Å²) >= 11 is 0. The third kappa shape index (κ3) is 15.5. The van der Waals surface area contributed by atoms with Crippen LogP contribution in [0.25, 0.3) is 0 Å². The first-order valence-electron chi connectivity index (χ1n) is 16.4. The molecule has 0 aliphatic heterocycles. The van der Waals surface area contributed by atoms with E-state index >= 15 is 0 Å². The molecule has 0 fully saturated rings. The van der Waals surface area contributed by atoms with Gasteiger partial charge in [-0.15, -0.1) is 0 Å². The normalized spacial score (nSPS) is 12.1. The molecule has 1 atom stereocenters. The molecule has 0 heterocycles. The molecule has 0 aliphatic carbocycles. The Morgan fingerprint density at radius 3 is 1.05 bits per heavy atom. The van der Waals surface area contributed by atoms with Crippen LogP contribution in [0.1, 0.15) is 182 Å². The highest BCUT2D eigenvalue weighted by molar-refractivity contribution is 6.09. The van der Waals surface area contributed by atoms with Crippen molar-refractivity contribution in [2.24, 2.45) is 5.92 Å². The van der Waals surface area contributed by atoms with Crippen molar-refractivity contribution in [3.8, 4) is 0 Å². The number of carbonyl (C=O) groups is 4. The van der Waals surface area contributed by atoms with E-state index in [1.807, 2.05) is 6.92 Å². The average molecular weight is 572 g/mol. The van der Waals surface area contributed by atoms with Crippen LogP contribution in [-0.2, 0) is 19.2 Å². The van der Waals surface area contributed by atoms with E-state index in [0.717, 1.165) is 103 Å². The number of rotatable bonds is 24. The molecule has 0 saturated carbocycles. The zero-order chi connectivity index (χ0) is 28.7. The smallest absolute Gasteiger partial charge is 0.338 e.